The second-order valence-corrected chi connectivity index (χ2v) is 8.73. The maximum Gasteiger partial charge on any atom is 0.317 e. The van der Waals surface area contributed by atoms with Crippen LogP contribution in [0.1, 0.15) is 37.3 Å². The average molecular weight is 466 g/mol. The summed E-state index contributed by atoms with van der Waals surface area (Å²) in [6.07, 6.45) is 4.29. The van der Waals surface area contributed by atoms with E-state index in [1.807, 2.05) is 18.7 Å². The minimum atomic E-state index is 0.0675. The van der Waals surface area contributed by atoms with Gasteiger partial charge in [-0.2, -0.15) is 0 Å². The van der Waals surface area contributed by atoms with E-state index in [1.54, 1.807) is 0 Å². The summed E-state index contributed by atoms with van der Waals surface area (Å²) in [5.41, 5.74) is 4.15. The highest BCUT2D eigenvalue weighted by Gasteiger charge is 2.40. The summed E-state index contributed by atoms with van der Waals surface area (Å²) in [5, 5.41) is 4.71. The second kappa shape index (κ2) is 7.03. The van der Waals surface area contributed by atoms with Crippen molar-refractivity contribution in [2.75, 3.05) is 26.7 Å². The number of likely N-dealkylation sites (N-methyl/N-ethyl adjacent to an activating group) is 1. The molecule has 4 rings (SSSR count). The molecule has 1 aromatic heterocycles. The highest BCUT2D eigenvalue weighted by atomic mass is 127. The van der Waals surface area contributed by atoms with Crippen LogP contribution in [0, 0.1) is 3.57 Å². The summed E-state index contributed by atoms with van der Waals surface area (Å²) in [4.78, 5) is 20.3. The Morgan fingerprint density at radius 1 is 1.38 bits per heavy atom. The molecule has 2 aromatic rings. The number of aromatic nitrogens is 1. The van der Waals surface area contributed by atoms with E-state index in [-0.39, 0.29) is 12.1 Å². The molecule has 2 amide bonds. The Kier molecular flexibility index (Phi) is 4.90. The third kappa shape index (κ3) is 2.91. The maximum absolute atomic E-state index is 12.5. The molecule has 2 aliphatic rings. The molecule has 0 radical (unpaired) electrons. The van der Waals surface area contributed by atoms with E-state index < -0.39 is 0 Å². The van der Waals surface area contributed by atoms with E-state index in [0.717, 1.165) is 32.5 Å². The van der Waals surface area contributed by atoms with Gasteiger partial charge in [0.05, 0.1) is 0 Å². The molecule has 1 aliphatic heterocycles. The predicted octanol–water partition coefficient (Wildman–Crippen LogP) is 3.54. The molecule has 3 atom stereocenters. The highest BCUT2D eigenvalue weighted by molar-refractivity contribution is 14.1. The van der Waals surface area contributed by atoms with Crippen molar-refractivity contribution in [3.8, 4) is 0 Å². The number of rotatable bonds is 3. The molecule has 26 heavy (non-hydrogen) atoms. The molecule has 2 heterocycles. The summed E-state index contributed by atoms with van der Waals surface area (Å²) in [6.45, 7) is 6.48. The van der Waals surface area contributed by atoms with Crippen molar-refractivity contribution in [1.29, 1.82) is 0 Å². The topological polar surface area (TPSA) is 51.4 Å². The Hall–Kier alpha value is -1.28. The number of hydrogen-bond acceptors (Lipinski definition) is 2. The number of benzene rings is 1. The Morgan fingerprint density at radius 3 is 2.88 bits per heavy atom. The molecule has 1 unspecified atom stereocenters. The van der Waals surface area contributed by atoms with Gasteiger partial charge in [0.1, 0.15) is 0 Å². The van der Waals surface area contributed by atoms with Crippen molar-refractivity contribution < 1.29 is 4.79 Å². The summed E-state index contributed by atoms with van der Waals surface area (Å²) in [6, 6.07) is 5.19. The summed E-state index contributed by atoms with van der Waals surface area (Å²) in [7, 11) is 2.21. The second-order valence-electron chi connectivity index (χ2n) is 7.57. The zero-order valence-electron chi connectivity index (χ0n) is 15.7. The lowest BCUT2D eigenvalue weighted by atomic mass is 9.74. The maximum atomic E-state index is 12.5. The monoisotopic (exact) mass is 466 g/mol. The smallest absolute Gasteiger partial charge is 0.317 e. The number of likely N-dealkylation sites (tertiary alicyclic amines) is 1. The molecule has 0 saturated carbocycles. The zero-order chi connectivity index (χ0) is 18.4. The first-order valence-corrected chi connectivity index (χ1v) is 10.6. The standard InChI is InChI=1S/C20H27IN4O/c1-4-25(5-2)20(26)23-13-9-14-17(24(3)11-13)8-12-10-22-16-7-6-15(21)19(14)18(12)16/h6-7,10,13-14,17,22H,4-5,8-9,11H2,1-3H3,(H,23,26)/t13-,14?,17+/m0/s1. The van der Waals surface area contributed by atoms with Crippen LogP contribution in [0.5, 0.6) is 0 Å². The van der Waals surface area contributed by atoms with Gasteiger partial charge >= 0.3 is 6.03 Å². The van der Waals surface area contributed by atoms with Crippen LogP contribution in [0.2, 0.25) is 0 Å². The number of amides is 2. The molecule has 5 nitrogen and oxygen atoms in total. The molecule has 140 valence electrons. The van der Waals surface area contributed by atoms with Gasteiger partial charge in [0.15, 0.2) is 0 Å². The van der Waals surface area contributed by atoms with Crippen LogP contribution in [-0.2, 0) is 6.42 Å². The number of hydrogen-bond donors (Lipinski definition) is 2. The first kappa shape index (κ1) is 18.1. The number of aromatic amines is 1. The van der Waals surface area contributed by atoms with Gasteiger partial charge in [-0.15, -0.1) is 0 Å². The Morgan fingerprint density at radius 2 is 2.15 bits per heavy atom. The first-order valence-electron chi connectivity index (χ1n) is 9.57. The molecule has 6 heteroatoms. The molecule has 0 spiro atoms. The van der Waals surface area contributed by atoms with Crippen LogP contribution in [0.25, 0.3) is 10.9 Å². The van der Waals surface area contributed by atoms with E-state index in [4.69, 9.17) is 0 Å². The lowest BCUT2D eigenvalue weighted by molar-refractivity contribution is 0.123. The van der Waals surface area contributed by atoms with E-state index in [1.165, 1.54) is 25.6 Å². The van der Waals surface area contributed by atoms with Crippen LogP contribution >= 0.6 is 22.6 Å². The van der Waals surface area contributed by atoms with Gasteiger partial charge in [-0.1, -0.05) is 0 Å². The molecule has 1 fully saturated rings. The van der Waals surface area contributed by atoms with Gasteiger partial charge < -0.3 is 20.1 Å². The number of carbonyl (C=O) groups is 1. The van der Waals surface area contributed by atoms with Crippen molar-refractivity contribution >= 4 is 39.5 Å². The normalized spacial score (nSPS) is 25.2. The van der Waals surface area contributed by atoms with Crippen molar-refractivity contribution in [3.63, 3.8) is 0 Å². The molecule has 1 aromatic carbocycles. The lowest BCUT2D eigenvalue weighted by Crippen LogP contribution is -2.56. The lowest BCUT2D eigenvalue weighted by Gasteiger charge is -2.46. The molecular weight excluding hydrogens is 439 g/mol. The van der Waals surface area contributed by atoms with Crippen LogP contribution < -0.4 is 5.32 Å². The van der Waals surface area contributed by atoms with E-state index in [0.29, 0.717) is 12.0 Å². The van der Waals surface area contributed by atoms with E-state index in [9.17, 15) is 4.79 Å². The number of nitrogens with one attached hydrogen (secondary N) is 2. The van der Waals surface area contributed by atoms with Crippen molar-refractivity contribution in [2.24, 2.45) is 0 Å². The summed E-state index contributed by atoms with van der Waals surface area (Å²) in [5.74, 6) is 0.467. The fraction of sp³-hybridized carbons (Fsp3) is 0.550. The Labute approximate surface area is 168 Å². The number of H-pyrrole nitrogens is 1. The SMILES string of the molecule is CCN(CC)C(=O)N[C@H]1CC2c3c(I)ccc4[nH]cc(c34)C[C@H]2N(C)C1. The quantitative estimate of drug-likeness (QED) is 0.681. The van der Waals surface area contributed by atoms with E-state index in [2.05, 4.69) is 63.2 Å². The Bertz CT molecular complexity index is 829. The number of fused-ring (bicyclic) bond motifs is 2. The van der Waals surface area contributed by atoms with Crippen molar-refractivity contribution in [2.45, 2.75) is 44.7 Å². The summed E-state index contributed by atoms with van der Waals surface area (Å²) < 4.78 is 1.34. The summed E-state index contributed by atoms with van der Waals surface area (Å²) >= 11 is 2.48. The van der Waals surface area contributed by atoms with Crippen molar-refractivity contribution in [1.82, 2.24) is 20.1 Å². The minimum absolute atomic E-state index is 0.0675. The van der Waals surface area contributed by atoms with Crippen LogP contribution in [0.4, 0.5) is 4.79 Å². The largest absolute Gasteiger partial charge is 0.361 e. The molecular formula is C20H27IN4O. The van der Waals surface area contributed by atoms with Gasteiger partial charge in [0.2, 0.25) is 0 Å². The first-order chi connectivity index (χ1) is 12.5. The van der Waals surface area contributed by atoms with Gasteiger partial charge in [-0.25, -0.2) is 4.79 Å². The zero-order valence-corrected chi connectivity index (χ0v) is 17.8. The van der Waals surface area contributed by atoms with Crippen molar-refractivity contribution in [3.05, 3.63) is 33.0 Å². The average Bonchev–Trinajstić information content (AvgIpc) is 3.02. The fourth-order valence-corrected chi connectivity index (χ4v) is 5.71. The Balaban J connectivity index is 1.64. The van der Waals surface area contributed by atoms with E-state index >= 15 is 0 Å². The number of piperidine rings is 1. The van der Waals surface area contributed by atoms with Gasteiger partial charge in [0.25, 0.3) is 0 Å². The number of halogens is 1. The van der Waals surface area contributed by atoms with Crippen LogP contribution in [0.3, 0.4) is 0 Å². The van der Waals surface area contributed by atoms with Crippen LogP contribution in [-0.4, -0.2) is 59.6 Å². The third-order valence-corrected chi connectivity index (χ3v) is 7.11. The third-order valence-electron chi connectivity index (χ3n) is 6.17. The number of carbonyl (C=O) groups excluding carboxylic acids is 1. The molecule has 0 bridgehead atoms. The molecule has 1 aliphatic carbocycles. The predicted molar refractivity (Wildman–Crippen MR) is 114 cm³/mol. The number of nitrogens with zero attached hydrogens (tertiary/aromatic N) is 2. The van der Waals surface area contributed by atoms with Crippen LogP contribution in [0.15, 0.2) is 18.3 Å². The fourth-order valence-electron chi connectivity index (χ4n) is 4.86. The number of urea groups is 1. The minimum Gasteiger partial charge on any atom is -0.361 e. The molecule has 2 N–H and O–H groups in total. The highest BCUT2D eigenvalue weighted by Crippen LogP contribution is 2.44. The molecule has 1 saturated heterocycles. The van der Waals surface area contributed by atoms with Gasteiger partial charge in [0, 0.05) is 58.3 Å². The van der Waals surface area contributed by atoms with Gasteiger partial charge in [-0.3, -0.25) is 0 Å². The van der Waals surface area contributed by atoms with Gasteiger partial charge in [-0.05, 0) is 79.6 Å².